The molecular formula is C21H36N4O2S. The molecule has 0 aromatic carbocycles. The Morgan fingerprint density at radius 3 is 2.18 bits per heavy atom. The lowest BCUT2D eigenvalue weighted by Crippen LogP contribution is -2.29. The third kappa shape index (κ3) is 6.26. The standard InChI is InChI=1S/C21H36N4O2S/c1-4-6-8-10-11-12-14-16-28-21-22-18-17(19(26)23-20(27)24(18)3)25(21)15-13-9-7-5-2/h4-16H2,1-3H3,(H,23,26,27). The lowest BCUT2D eigenvalue weighted by atomic mass is 10.1. The molecule has 2 aromatic rings. The van der Waals surface area contributed by atoms with E-state index in [1.54, 1.807) is 18.8 Å². The summed E-state index contributed by atoms with van der Waals surface area (Å²) in [6, 6.07) is 0. The van der Waals surface area contributed by atoms with Crippen molar-refractivity contribution >= 4 is 22.9 Å². The van der Waals surface area contributed by atoms with Crippen LogP contribution in [-0.2, 0) is 13.6 Å². The molecule has 2 aromatic heterocycles. The van der Waals surface area contributed by atoms with E-state index in [-0.39, 0.29) is 5.56 Å². The molecule has 0 saturated carbocycles. The van der Waals surface area contributed by atoms with Gasteiger partial charge in [0.05, 0.1) is 0 Å². The molecule has 0 amide bonds. The molecule has 2 heterocycles. The lowest BCUT2D eigenvalue weighted by Gasteiger charge is -2.08. The van der Waals surface area contributed by atoms with Crippen LogP contribution in [0.3, 0.4) is 0 Å². The van der Waals surface area contributed by atoms with E-state index >= 15 is 0 Å². The highest BCUT2D eigenvalue weighted by Crippen LogP contribution is 2.24. The first kappa shape index (κ1) is 22.8. The number of nitrogens with zero attached hydrogens (tertiary/aromatic N) is 3. The van der Waals surface area contributed by atoms with Crippen molar-refractivity contribution in [3.8, 4) is 0 Å². The second kappa shape index (κ2) is 12.1. The van der Waals surface area contributed by atoms with Gasteiger partial charge in [0.1, 0.15) is 0 Å². The van der Waals surface area contributed by atoms with Crippen LogP contribution >= 0.6 is 11.8 Å². The van der Waals surface area contributed by atoms with E-state index in [2.05, 4.69) is 23.8 Å². The van der Waals surface area contributed by atoms with Crippen molar-refractivity contribution in [3.63, 3.8) is 0 Å². The largest absolute Gasteiger partial charge is 0.329 e. The van der Waals surface area contributed by atoms with Crippen LogP contribution in [0.15, 0.2) is 14.7 Å². The molecule has 1 N–H and O–H groups in total. The van der Waals surface area contributed by atoms with Crippen LogP contribution in [0.2, 0.25) is 0 Å². The summed E-state index contributed by atoms with van der Waals surface area (Å²) in [6.45, 7) is 5.21. The zero-order valence-corrected chi connectivity index (χ0v) is 18.6. The number of thioether (sulfide) groups is 1. The van der Waals surface area contributed by atoms with E-state index in [1.165, 1.54) is 55.9 Å². The predicted octanol–water partition coefficient (Wildman–Crippen LogP) is 4.85. The fraction of sp³-hybridized carbons (Fsp3) is 0.762. The summed E-state index contributed by atoms with van der Waals surface area (Å²) >= 11 is 1.71. The molecule has 0 radical (unpaired) electrons. The summed E-state index contributed by atoms with van der Waals surface area (Å²) in [6.07, 6.45) is 13.5. The van der Waals surface area contributed by atoms with Gasteiger partial charge in [-0.25, -0.2) is 9.78 Å². The van der Waals surface area contributed by atoms with Crippen molar-refractivity contribution < 1.29 is 0 Å². The Morgan fingerprint density at radius 2 is 1.50 bits per heavy atom. The van der Waals surface area contributed by atoms with E-state index in [4.69, 9.17) is 0 Å². The van der Waals surface area contributed by atoms with Gasteiger partial charge in [-0.2, -0.15) is 0 Å². The van der Waals surface area contributed by atoms with E-state index in [0.29, 0.717) is 11.2 Å². The van der Waals surface area contributed by atoms with E-state index in [0.717, 1.165) is 36.7 Å². The average molecular weight is 409 g/mol. The summed E-state index contributed by atoms with van der Waals surface area (Å²) in [5.41, 5.74) is 0.285. The molecule has 0 saturated heterocycles. The van der Waals surface area contributed by atoms with Gasteiger partial charge in [0.25, 0.3) is 5.56 Å². The summed E-state index contributed by atoms with van der Waals surface area (Å²) in [5, 5.41) is 0.865. The van der Waals surface area contributed by atoms with Crippen molar-refractivity contribution in [1.82, 2.24) is 19.1 Å². The average Bonchev–Trinajstić information content (AvgIpc) is 3.04. The van der Waals surface area contributed by atoms with Gasteiger partial charge in [0.2, 0.25) is 0 Å². The predicted molar refractivity (Wildman–Crippen MR) is 118 cm³/mol. The Bertz CT molecular complexity index is 837. The number of aryl methyl sites for hydroxylation is 2. The zero-order valence-electron chi connectivity index (χ0n) is 17.8. The highest BCUT2D eigenvalue weighted by Gasteiger charge is 2.17. The Kier molecular flexibility index (Phi) is 9.88. The first-order valence-electron chi connectivity index (χ1n) is 10.9. The van der Waals surface area contributed by atoms with Gasteiger partial charge in [-0.15, -0.1) is 0 Å². The molecule has 0 spiro atoms. The molecular weight excluding hydrogens is 372 g/mol. The summed E-state index contributed by atoms with van der Waals surface area (Å²) in [7, 11) is 1.67. The third-order valence-corrected chi connectivity index (χ3v) is 6.25. The number of aromatic nitrogens is 4. The zero-order chi connectivity index (χ0) is 20.4. The summed E-state index contributed by atoms with van der Waals surface area (Å²) in [5.74, 6) is 0.998. The first-order valence-corrected chi connectivity index (χ1v) is 11.9. The molecule has 0 aliphatic heterocycles. The second-order valence-electron chi connectivity index (χ2n) is 7.57. The van der Waals surface area contributed by atoms with Crippen molar-refractivity contribution in [3.05, 3.63) is 20.8 Å². The van der Waals surface area contributed by atoms with Crippen LogP contribution < -0.4 is 11.2 Å². The van der Waals surface area contributed by atoms with E-state index < -0.39 is 5.69 Å². The van der Waals surface area contributed by atoms with Crippen molar-refractivity contribution in [2.45, 2.75) is 96.2 Å². The smallest absolute Gasteiger partial charge is 0.313 e. The number of nitrogens with one attached hydrogen (secondary N) is 1. The number of fused-ring (bicyclic) bond motifs is 1. The number of aromatic amines is 1. The van der Waals surface area contributed by atoms with Crippen LogP contribution in [-0.4, -0.2) is 24.9 Å². The molecule has 6 nitrogen and oxygen atoms in total. The maximum absolute atomic E-state index is 12.4. The normalized spacial score (nSPS) is 11.5. The number of hydrogen-bond acceptors (Lipinski definition) is 4. The van der Waals surface area contributed by atoms with Gasteiger partial charge >= 0.3 is 5.69 Å². The number of unbranched alkanes of at least 4 members (excludes halogenated alkanes) is 9. The fourth-order valence-electron chi connectivity index (χ4n) is 3.45. The summed E-state index contributed by atoms with van der Waals surface area (Å²) in [4.78, 5) is 31.4. The topological polar surface area (TPSA) is 72.7 Å². The van der Waals surface area contributed by atoms with Gasteiger partial charge in [-0.05, 0) is 12.8 Å². The minimum absolute atomic E-state index is 0.330. The van der Waals surface area contributed by atoms with Gasteiger partial charge in [-0.3, -0.25) is 14.3 Å². The molecule has 0 atom stereocenters. The minimum atomic E-state index is -0.406. The van der Waals surface area contributed by atoms with Gasteiger partial charge in [-0.1, -0.05) is 83.4 Å². The maximum Gasteiger partial charge on any atom is 0.329 e. The van der Waals surface area contributed by atoms with Gasteiger partial charge < -0.3 is 4.57 Å². The number of rotatable bonds is 14. The van der Waals surface area contributed by atoms with Gasteiger partial charge in [0.15, 0.2) is 16.3 Å². The molecule has 158 valence electrons. The Morgan fingerprint density at radius 1 is 0.893 bits per heavy atom. The van der Waals surface area contributed by atoms with Crippen LogP contribution in [0.5, 0.6) is 0 Å². The molecule has 0 unspecified atom stereocenters. The molecule has 28 heavy (non-hydrogen) atoms. The molecule has 0 aliphatic rings. The number of hydrogen-bond donors (Lipinski definition) is 1. The molecule has 7 heteroatoms. The molecule has 0 bridgehead atoms. The monoisotopic (exact) mass is 408 g/mol. The summed E-state index contributed by atoms with van der Waals surface area (Å²) < 4.78 is 3.46. The first-order chi connectivity index (χ1) is 13.6. The lowest BCUT2D eigenvalue weighted by molar-refractivity contribution is 0.562. The number of imidazole rings is 1. The molecule has 0 fully saturated rings. The van der Waals surface area contributed by atoms with Crippen molar-refractivity contribution in [1.29, 1.82) is 0 Å². The number of H-pyrrole nitrogens is 1. The molecule has 0 aliphatic carbocycles. The van der Waals surface area contributed by atoms with Crippen molar-refractivity contribution in [2.24, 2.45) is 7.05 Å². The molecule has 2 rings (SSSR count). The SMILES string of the molecule is CCCCCCCCCSc1nc2c(c(=O)[nH]c(=O)n2C)n1CCCCCC. The Labute approximate surface area is 172 Å². The van der Waals surface area contributed by atoms with Gasteiger partial charge in [0, 0.05) is 19.3 Å². The van der Waals surface area contributed by atoms with E-state index in [1.807, 2.05) is 4.57 Å². The van der Waals surface area contributed by atoms with Crippen molar-refractivity contribution in [2.75, 3.05) is 5.75 Å². The van der Waals surface area contributed by atoms with Crippen LogP contribution in [0.1, 0.15) is 84.5 Å². The maximum atomic E-state index is 12.4. The van der Waals surface area contributed by atoms with E-state index in [9.17, 15) is 9.59 Å². The van der Waals surface area contributed by atoms with Crippen LogP contribution in [0.4, 0.5) is 0 Å². The van der Waals surface area contributed by atoms with Crippen LogP contribution in [0, 0.1) is 0 Å². The fourth-order valence-corrected chi connectivity index (χ4v) is 4.47. The highest BCUT2D eigenvalue weighted by atomic mass is 32.2. The quantitative estimate of drug-likeness (QED) is 0.358. The third-order valence-electron chi connectivity index (χ3n) is 5.19. The Balaban J connectivity index is 2.06. The van der Waals surface area contributed by atoms with Crippen LogP contribution in [0.25, 0.3) is 11.2 Å². The minimum Gasteiger partial charge on any atom is -0.313 e. The second-order valence-corrected chi connectivity index (χ2v) is 8.63. The highest BCUT2D eigenvalue weighted by molar-refractivity contribution is 7.99. The Hall–Kier alpha value is -1.50.